The molecule has 1 atom stereocenters. The van der Waals surface area contributed by atoms with Crippen LogP contribution in [0.1, 0.15) is 26.7 Å². The van der Waals surface area contributed by atoms with Crippen LogP contribution in [-0.2, 0) is 9.53 Å². The molecule has 0 aliphatic carbocycles. The lowest BCUT2D eigenvalue weighted by Crippen LogP contribution is -2.54. The normalized spacial score (nSPS) is 18.7. The van der Waals surface area contributed by atoms with Gasteiger partial charge in [0.25, 0.3) is 0 Å². The summed E-state index contributed by atoms with van der Waals surface area (Å²) in [6.45, 7) is 6.24. The summed E-state index contributed by atoms with van der Waals surface area (Å²) in [5.74, 6) is 0.0883. The molecule has 1 aliphatic rings. The molecule has 0 radical (unpaired) electrons. The Labute approximate surface area is 85.4 Å². The number of hydrogen-bond donors (Lipinski definition) is 2. The van der Waals surface area contributed by atoms with E-state index in [4.69, 9.17) is 4.74 Å². The third-order valence-electron chi connectivity index (χ3n) is 2.35. The molecule has 0 saturated carbocycles. The molecule has 1 fully saturated rings. The van der Waals surface area contributed by atoms with E-state index in [0.717, 1.165) is 32.6 Å². The predicted octanol–water partition coefficient (Wildman–Crippen LogP) is 0.280. The molecule has 1 heterocycles. The van der Waals surface area contributed by atoms with E-state index in [1.807, 2.05) is 6.92 Å². The molecular formula is C10H20N2O2. The van der Waals surface area contributed by atoms with Crippen LogP contribution >= 0.6 is 0 Å². The van der Waals surface area contributed by atoms with E-state index < -0.39 is 0 Å². The van der Waals surface area contributed by atoms with E-state index in [1.165, 1.54) is 0 Å². The number of unbranched alkanes of at least 4 members (excludes halogenated alkanes) is 1. The molecule has 1 aliphatic heterocycles. The van der Waals surface area contributed by atoms with Gasteiger partial charge in [-0.3, -0.25) is 10.1 Å². The maximum atomic E-state index is 11.5. The Kier molecular flexibility index (Phi) is 4.90. The van der Waals surface area contributed by atoms with Crippen LogP contribution in [0, 0.1) is 0 Å². The average molecular weight is 200 g/mol. The second kappa shape index (κ2) is 5.98. The van der Waals surface area contributed by atoms with Crippen LogP contribution in [0.25, 0.3) is 0 Å². The molecule has 82 valence electrons. The van der Waals surface area contributed by atoms with Gasteiger partial charge in [-0.25, -0.2) is 0 Å². The van der Waals surface area contributed by atoms with Crippen molar-refractivity contribution in [1.29, 1.82) is 0 Å². The van der Waals surface area contributed by atoms with E-state index in [-0.39, 0.29) is 11.9 Å². The topological polar surface area (TPSA) is 50.4 Å². The van der Waals surface area contributed by atoms with E-state index in [9.17, 15) is 4.79 Å². The van der Waals surface area contributed by atoms with Crippen molar-refractivity contribution in [3.05, 3.63) is 0 Å². The maximum absolute atomic E-state index is 11.5. The fraction of sp³-hybridized carbons (Fsp3) is 0.900. The summed E-state index contributed by atoms with van der Waals surface area (Å²) in [6, 6.07) is 0.252. The monoisotopic (exact) mass is 200 g/mol. The van der Waals surface area contributed by atoms with Gasteiger partial charge in [-0.2, -0.15) is 0 Å². The number of carbonyl (C=O) groups excluding carboxylic acids is 1. The number of ether oxygens (including phenoxy) is 1. The Balaban J connectivity index is 2.08. The first-order chi connectivity index (χ1) is 6.74. The molecular weight excluding hydrogens is 180 g/mol. The van der Waals surface area contributed by atoms with Crippen molar-refractivity contribution in [2.75, 3.05) is 19.8 Å². The smallest absolute Gasteiger partial charge is 0.236 e. The van der Waals surface area contributed by atoms with E-state index in [0.29, 0.717) is 6.04 Å². The number of amides is 1. The van der Waals surface area contributed by atoms with Crippen molar-refractivity contribution in [1.82, 2.24) is 10.6 Å². The summed E-state index contributed by atoms with van der Waals surface area (Å²) in [7, 11) is 0. The molecule has 4 nitrogen and oxygen atoms in total. The van der Waals surface area contributed by atoms with Crippen LogP contribution in [0.15, 0.2) is 0 Å². The Morgan fingerprint density at radius 3 is 2.79 bits per heavy atom. The van der Waals surface area contributed by atoms with Crippen molar-refractivity contribution in [2.45, 2.75) is 38.8 Å². The van der Waals surface area contributed by atoms with Crippen molar-refractivity contribution in [3.8, 4) is 0 Å². The van der Waals surface area contributed by atoms with E-state index in [2.05, 4.69) is 17.6 Å². The van der Waals surface area contributed by atoms with Crippen LogP contribution in [0.2, 0.25) is 0 Å². The minimum Gasteiger partial charge on any atom is -0.378 e. The highest BCUT2D eigenvalue weighted by molar-refractivity contribution is 5.81. The van der Waals surface area contributed by atoms with Gasteiger partial charge in [0.05, 0.1) is 25.3 Å². The Morgan fingerprint density at radius 1 is 1.57 bits per heavy atom. The zero-order valence-electron chi connectivity index (χ0n) is 9.01. The highest BCUT2D eigenvalue weighted by Gasteiger charge is 2.22. The lowest BCUT2D eigenvalue weighted by molar-refractivity contribution is -0.123. The molecule has 0 bridgehead atoms. The molecule has 0 aromatic carbocycles. The number of carbonyl (C=O) groups is 1. The second-order valence-corrected chi connectivity index (χ2v) is 3.77. The number of rotatable bonds is 6. The highest BCUT2D eigenvalue weighted by Crippen LogP contribution is 2.00. The molecule has 1 amide bonds. The third-order valence-corrected chi connectivity index (χ3v) is 2.35. The molecule has 2 N–H and O–H groups in total. The largest absolute Gasteiger partial charge is 0.378 e. The molecule has 0 aromatic heterocycles. The molecule has 14 heavy (non-hydrogen) atoms. The number of nitrogens with one attached hydrogen (secondary N) is 2. The fourth-order valence-electron chi connectivity index (χ4n) is 1.30. The number of hydrogen-bond acceptors (Lipinski definition) is 3. The zero-order chi connectivity index (χ0) is 10.4. The molecule has 4 heteroatoms. The first-order valence-electron chi connectivity index (χ1n) is 5.35. The van der Waals surface area contributed by atoms with Gasteiger partial charge >= 0.3 is 0 Å². The Bertz CT molecular complexity index is 181. The quantitative estimate of drug-likeness (QED) is 0.605. The van der Waals surface area contributed by atoms with Crippen LogP contribution < -0.4 is 10.6 Å². The van der Waals surface area contributed by atoms with Gasteiger partial charge in [0, 0.05) is 6.54 Å². The summed E-state index contributed by atoms with van der Waals surface area (Å²) in [6.07, 6.45) is 2.16. The van der Waals surface area contributed by atoms with Gasteiger partial charge in [-0.1, -0.05) is 13.3 Å². The van der Waals surface area contributed by atoms with E-state index >= 15 is 0 Å². The van der Waals surface area contributed by atoms with E-state index in [1.54, 1.807) is 0 Å². The minimum absolute atomic E-state index is 0.0883. The minimum atomic E-state index is -0.110. The lowest BCUT2D eigenvalue weighted by atomic mass is 10.2. The maximum Gasteiger partial charge on any atom is 0.236 e. The summed E-state index contributed by atoms with van der Waals surface area (Å²) in [5.41, 5.74) is 0. The summed E-state index contributed by atoms with van der Waals surface area (Å²) < 4.78 is 5.02. The SMILES string of the molecule is CCCCNC(=O)C(C)NC1COC1. The van der Waals surface area contributed by atoms with Gasteiger partial charge in [-0.15, -0.1) is 0 Å². The average Bonchev–Trinajstić information content (AvgIpc) is 2.11. The van der Waals surface area contributed by atoms with Crippen LogP contribution in [0.4, 0.5) is 0 Å². The van der Waals surface area contributed by atoms with Crippen molar-refractivity contribution >= 4 is 5.91 Å². The molecule has 1 rings (SSSR count). The Hall–Kier alpha value is -0.610. The molecule has 0 aromatic rings. The standard InChI is InChI=1S/C10H20N2O2/c1-3-4-5-11-10(13)8(2)12-9-6-14-7-9/h8-9,12H,3-7H2,1-2H3,(H,11,13). The van der Waals surface area contributed by atoms with Gasteiger partial charge < -0.3 is 10.1 Å². The molecule has 1 unspecified atom stereocenters. The summed E-state index contributed by atoms with van der Waals surface area (Å²) in [5, 5.41) is 6.10. The summed E-state index contributed by atoms with van der Waals surface area (Å²) in [4.78, 5) is 11.5. The van der Waals surface area contributed by atoms with Gasteiger partial charge in [0.15, 0.2) is 0 Å². The van der Waals surface area contributed by atoms with Crippen LogP contribution in [0.5, 0.6) is 0 Å². The third kappa shape index (κ3) is 3.64. The first-order valence-corrected chi connectivity index (χ1v) is 5.35. The van der Waals surface area contributed by atoms with Crippen LogP contribution in [-0.4, -0.2) is 37.7 Å². The molecule has 1 saturated heterocycles. The zero-order valence-corrected chi connectivity index (χ0v) is 9.01. The van der Waals surface area contributed by atoms with Crippen LogP contribution in [0.3, 0.4) is 0 Å². The predicted molar refractivity (Wildman–Crippen MR) is 55.1 cm³/mol. The van der Waals surface area contributed by atoms with Gasteiger partial charge in [-0.05, 0) is 13.3 Å². The highest BCUT2D eigenvalue weighted by atomic mass is 16.5. The first kappa shape index (κ1) is 11.5. The molecule has 0 spiro atoms. The van der Waals surface area contributed by atoms with Crippen molar-refractivity contribution in [2.24, 2.45) is 0 Å². The fourth-order valence-corrected chi connectivity index (χ4v) is 1.30. The lowest BCUT2D eigenvalue weighted by Gasteiger charge is -2.29. The van der Waals surface area contributed by atoms with Gasteiger partial charge in [0.2, 0.25) is 5.91 Å². The second-order valence-electron chi connectivity index (χ2n) is 3.77. The Morgan fingerprint density at radius 2 is 2.29 bits per heavy atom. The van der Waals surface area contributed by atoms with Crippen molar-refractivity contribution in [3.63, 3.8) is 0 Å². The van der Waals surface area contributed by atoms with Crippen molar-refractivity contribution < 1.29 is 9.53 Å². The van der Waals surface area contributed by atoms with Gasteiger partial charge in [0.1, 0.15) is 0 Å². The summed E-state index contributed by atoms with van der Waals surface area (Å²) >= 11 is 0.